The Kier molecular flexibility index (Phi) is 4.39. The largest absolute Gasteiger partial charge is 0.366 e. The third-order valence-corrected chi connectivity index (χ3v) is 4.68. The van der Waals surface area contributed by atoms with Crippen molar-refractivity contribution in [2.45, 2.75) is 0 Å². The van der Waals surface area contributed by atoms with E-state index in [-0.39, 0.29) is 11.7 Å². The smallest absolute Gasteiger partial charge is 0.253 e. The van der Waals surface area contributed by atoms with Crippen LogP contribution in [-0.2, 0) is 0 Å². The fourth-order valence-corrected chi connectivity index (χ4v) is 3.23. The highest BCUT2D eigenvalue weighted by molar-refractivity contribution is 5.94. The standard InChI is InChI=1S/C20H19FN4O/c21-18-3-1-2-4-19(18)23-11-13-24(14-12-23)20(26)16-5-7-17(8-6-16)25-10-9-22-15-25/h1-10,15H,11-14H2. The zero-order valence-electron chi connectivity index (χ0n) is 14.3. The molecule has 1 aliphatic rings. The molecule has 3 aromatic rings. The minimum atomic E-state index is -0.220. The molecule has 6 heteroatoms. The summed E-state index contributed by atoms with van der Waals surface area (Å²) in [5.41, 5.74) is 2.22. The van der Waals surface area contributed by atoms with Crippen LogP contribution in [0.4, 0.5) is 10.1 Å². The number of hydrogen-bond donors (Lipinski definition) is 0. The molecule has 0 bridgehead atoms. The van der Waals surface area contributed by atoms with Crippen LogP contribution in [0, 0.1) is 5.82 Å². The number of benzene rings is 2. The number of para-hydroxylation sites is 1. The molecule has 0 aliphatic carbocycles. The van der Waals surface area contributed by atoms with Gasteiger partial charge in [0.2, 0.25) is 0 Å². The van der Waals surface area contributed by atoms with Crippen molar-refractivity contribution < 1.29 is 9.18 Å². The van der Waals surface area contributed by atoms with Crippen molar-refractivity contribution in [3.8, 4) is 5.69 Å². The first-order chi connectivity index (χ1) is 12.7. The van der Waals surface area contributed by atoms with Gasteiger partial charge in [-0.1, -0.05) is 12.1 Å². The maximum atomic E-state index is 13.9. The molecule has 0 spiro atoms. The Balaban J connectivity index is 1.41. The number of piperazine rings is 1. The number of rotatable bonds is 3. The lowest BCUT2D eigenvalue weighted by molar-refractivity contribution is 0.0746. The summed E-state index contributed by atoms with van der Waals surface area (Å²) in [6.07, 6.45) is 5.30. The molecule has 1 fully saturated rings. The van der Waals surface area contributed by atoms with Gasteiger partial charge in [-0.3, -0.25) is 4.79 Å². The Morgan fingerprint density at radius 1 is 0.962 bits per heavy atom. The maximum absolute atomic E-state index is 13.9. The molecule has 1 aromatic heterocycles. The number of amides is 1. The van der Waals surface area contributed by atoms with E-state index >= 15 is 0 Å². The first-order valence-electron chi connectivity index (χ1n) is 8.59. The highest BCUT2D eigenvalue weighted by atomic mass is 19.1. The summed E-state index contributed by atoms with van der Waals surface area (Å²) in [6, 6.07) is 14.2. The molecule has 2 heterocycles. The number of anilines is 1. The van der Waals surface area contributed by atoms with Gasteiger partial charge in [-0.15, -0.1) is 0 Å². The zero-order chi connectivity index (χ0) is 17.9. The van der Waals surface area contributed by atoms with E-state index in [0.717, 1.165) is 5.69 Å². The fraction of sp³-hybridized carbons (Fsp3) is 0.200. The first-order valence-corrected chi connectivity index (χ1v) is 8.59. The second-order valence-electron chi connectivity index (χ2n) is 6.25. The van der Waals surface area contributed by atoms with Crippen molar-refractivity contribution in [2.75, 3.05) is 31.1 Å². The molecule has 0 saturated carbocycles. The summed E-state index contributed by atoms with van der Waals surface area (Å²) in [5, 5.41) is 0. The first kappa shape index (κ1) is 16.3. The number of carbonyl (C=O) groups is 1. The summed E-state index contributed by atoms with van der Waals surface area (Å²) >= 11 is 0. The summed E-state index contributed by atoms with van der Waals surface area (Å²) in [5.74, 6) is -0.210. The predicted molar refractivity (Wildman–Crippen MR) is 98.1 cm³/mol. The van der Waals surface area contributed by atoms with E-state index < -0.39 is 0 Å². The van der Waals surface area contributed by atoms with Crippen molar-refractivity contribution in [3.63, 3.8) is 0 Å². The average molecular weight is 350 g/mol. The normalized spacial score (nSPS) is 14.5. The third kappa shape index (κ3) is 3.18. The number of carbonyl (C=O) groups excluding carboxylic acids is 1. The minimum Gasteiger partial charge on any atom is -0.366 e. The van der Waals surface area contributed by atoms with E-state index in [4.69, 9.17) is 0 Å². The van der Waals surface area contributed by atoms with Crippen LogP contribution in [0.5, 0.6) is 0 Å². The number of nitrogens with zero attached hydrogens (tertiary/aromatic N) is 4. The van der Waals surface area contributed by atoms with Gasteiger partial charge in [0.05, 0.1) is 12.0 Å². The molecule has 1 saturated heterocycles. The van der Waals surface area contributed by atoms with Crippen LogP contribution in [0.2, 0.25) is 0 Å². The Hall–Kier alpha value is -3.15. The van der Waals surface area contributed by atoms with Gasteiger partial charge < -0.3 is 14.4 Å². The molecular formula is C20H19FN4O. The lowest BCUT2D eigenvalue weighted by atomic mass is 10.1. The molecule has 132 valence electrons. The van der Waals surface area contributed by atoms with Gasteiger partial charge in [0, 0.05) is 49.8 Å². The summed E-state index contributed by atoms with van der Waals surface area (Å²) < 4.78 is 15.8. The zero-order valence-corrected chi connectivity index (χ0v) is 14.3. The molecule has 0 radical (unpaired) electrons. The highest BCUT2D eigenvalue weighted by Crippen LogP contribution is 2.21. The lowest BCUT2D eigenvalue weighted by Crippen LogP contribution is -2.49. The van der Waals surface area contributed by atoms with Gasteiger partial charge in [0.1, 0.15) is 5.82 Å². The van der Waals surface area contributed by atoms with Gasteiger partial charge in [0.15, 0.2) is 0 Å². The van der Waals surface area contributed by atoms with Crippen LogP contribution in [0.25, 0.3) is 5.69 Å². The van der Waals surface area contributed by atoms with Gasteiger partial charge in [-0.2, -0.15) is 0 Å². The third-order valence-electron chi connectivity index (χ3n) is 4.68. The van der Waals surface area contributed by atoms with E-state index in [9.17, 15) is 9.18 Å². The molecule has 2 aromatic carbocycles. The monoisotopic (exact) mass is 350 g/mol. The van der Waals surface area contributed by atoms with E-state index in [1.165, 1.54) is 6.07 Å². The van der Waals surface area contributed by atoms with Crippen LogP contribution in [0.15, 0.2) is 67.3 Å². The Morgan fingerprint density at radius 2 is 1.69 bits per heavy atom. The van der Waals surface area contributed by atoms with Gasteiger partial charge in [0.25, 0.3) is 5.91 Å². The summed E-state index contributed by atoms with van der Waals surface area (Å²) in [7, 11) is 0. The molecule has 1 aliphatic heterocycles. The molecule has 0 atom stereocenters. The van der Waals surface area contributed by atoms with Crippen LogP contribution < -0.4 is 4.90 Å². The van der Waals surface area contributed by atoms with E-state index in [1.54, 1.807) is 24.7 Å². The molecule has 0 N–H and O–H groups in total. The van der Waals surface area contributed by atoms with E-state index in [0.29, 0.717) is 37.4 Å². The molecule has 1 amide bonds. The summed E-state index contributed by atoms with van der Waals surface area (Å²) in [6.45, 7) is 2.41. The Bertz CT molecular complexity index is 884. The van der Waals surface area contributed by atoms with Crippen LogP contribution >= 0.6 is 0 Å². The van der Waals surface area contributed by atoms with Crippen molar-refractivity contribution in [1.82, 2.24) is 14.5 Å². The maximum Gasteiger partial charge on any atom is 0.253 e. The summed E-state index contributed by atoms with van der Waals surface area (Å²) in [4.78, 5) is 20.6. The molecular weight excluding hydrogens is 331 g/mol. The van der Waals surface area contributed by atoms with Crippen molar-refractivity contribution in [1.29, 1.82) is 0 Å². The quantitative estimate of drug-likeness (QED) is 0.729. The Labute approximate surface area is 151 Å². The van der Waals surface area contributed by atoms with Crippen LogP contribution in [-0.4, -0.2) is 46.5 Å². The Morgan fingerprint density at radius 3 is 2.35 bits per heavy atom. The molecule has 26 heavy (non-hydrogen) atoms. The number of imidazole rings is 1. The van der Waals surface area contributed by atoms with Crippen LogP contribution in [0.1, 0.15) is 10.4 Å². The average Bonchev–Trinajstić information content (AvgIpc) is 3.23. The second-order valence-corrected chi connectivity index (χ2v) is 6.25. The predicted octanol–water partition coefficient (Wildman–Crippen LogP) is 2.97. The molecule has 5 nitrogen and oxygen atoms in total. The molecule has 4 rings (SSSR count). The SMILES string of the molecule is O=C(c1ccc(-n2ccnc2)cc1)N1CCN(c2ccccc2F)CC1. The fourth-order valence-electron chi connectivity index (χ4n) is 3.23. The van der Waals surface area contributed by atoms with Gasteiger partial charge in [-0.25, -0.2) is 9.37 Å². The number of aromatic nitrogens is 2. The van der Waals surface area contributed by atoms with Crippen molar-refractivity contribution in [2.24, 2.45) is 0 Å². The van der Waals surface area contributed by atoms with Crippen LogP contribution in [0.3, 0.4) is 0 Å². The second kappa shape index (κ2) is 7.00. The number of halogens is 1. The van der Waals surface area contributed by atoms with Gasteiger partial charge in [-0.05, 0) is 36.4 Å². The van der Waals surface area contributed by atoms with Crippen molar-refractivity contribution in [3.05, 3.63) is 78.6 Å². The van der Waals surface area contributed by atoms with E-state index in [1.807, 2.05) is 50.9 Å². The highest BCUT2D eigenvalue weighted by Gasteiger charge is 2.23. The lowest BCUT2D eigenvalue weighted by Gasteiger charge is -2.36. The topological polar surface area (TPSA) is 41.4 Å². The minimum absolute atomic E-state index is 0.00960. The van der Waals surface area contributed by atoms with Gasteiger partial charge >= 0.3 is 0 Å². The number of hydrogen-bond acceptors (Lipinski definition) is 3. The molecule has 0 unspecified atom stereocenters. The van der Waals surface area contributed by atoms with E-state index in [2.05, 4.69) is 4.98 Å². The van der Waals surface area contributed by atoms with Crippen molar-refractivity contribution >= 4 is 11.6 Å².